The summed E-state index contributed by atoms with van der Waals surface area (Å²) in [5.74, 6) is 1.04. The Hall–Kier alpha value is -2.37. The molecule has 0 saturated heterocycles. The number of aryl methyl sites for hydroxylation is 1. The molecule has 19 heavy (non-hydrogen) atoms. The lowest BCUT2D eigenvalue weighted by Gasteiger charge is -2.13. The van der Waals surface area contributed by atoms with Crippen molar-refractivity contribution in [3.8, 4) is 5.75 Å². The average molecular weight is 262 g/mol. The predicted molar refractivity (Wildman–Crippen MR) is 72.6 cm³/mol. The molecule has 0 aliphatic carbocycles. The number of rotatable bonds is 4. The van der Waals surface area contributed by atoms with E-state index in [4.69, 9.17) is 4.74 Å². The van der Waals surface area contributed by atoms with Crippen molar-refractivity contribution in [3.63, 3.8) is 0 Å². The molecular formula is C13H15FN4O. The molecule has 100 valence electrons. The minimum absolute atomic E-state index is 0.338. The summed E-state index contributed by atoms with van der Waals surface area (Å²) in [6.07, 6.45) is 1.38. The quantitative estimate of drug-likeness (QED) is 0.887. The fourth-order valence-electron chi connectivity index (χ4n) is 1.68. The molecular weight excluding hydrogens is 247 g/mol. The highest BCUT2D eigenvalue weighted by molar-refractivity contribution is 5.69. The summed E-state index contributed by atoms with van der Waals surface area (Å²) in [5.41, 5.74) is 1.19. The van der Waals surface area contributed by atoms with Crippen LogP contribution in [0.2, 0.25) is 0 Å². The maximum Gasteiger partial charge on any atom is 0.204 e. The highest BCUT2D eigenvalue weighted by Gasteiger charge is 2.12. The third kappa shape index (κ3) is 2.73. The van der Waals surface area contributed by atoms with Crippen LogP contribution >= 0.6 is 0 Å². The summed E-state index contributed by atoms with van der Waals surface area (Å²) in [6.45, 7) is 1.83. The highest BCUT2D eigenvalue weighted by Crippen LogP contribution is 2.31. The number of hydrogen-bond donors (Lipinski definition) is 2. The number of nitrogens with zero attached hydrogens (tertiary/aromatic N) is 2. The first-order chi connectivity index (χ1) is 9.15. The van der Waals surface area contributed by atoms with E-state index in [-0.39, 0.29) is 5.82 Å². The van der Waals surface area contributed by atoms with E-state index in [1.54, 1.807) is 13.1 Å². The summed E-state index contributed by atoms with van der Waals surface area (Å²) in [6, 6.07) is 4.93. The molecule has 0 radical (unpaired) electrons. The second kappa shape index (κ2) is 5.51. The van der Waals surface area contributed by atoms with Crippen LogP contribution < -0.4 is 15.4 Å². The Labute approximate surface area is 110 Å². The van der Waals surface area contributed by atoms with Crippen LogP contribution in [0.25, 0.3) is 0 Å². The van der Waals surface area contributed by atoms with Gasteiger partial charge in [0.15, 0.2) is 11.6 Å². The van der Waals surface area contributed by atoms with E-state index in [1.807, 2.05) is 13.0 Å². The van der Waals surface area contributed by atoms with Crippen LogP contribution in [0.15, 0.2) is 24.5 Å². The zero-order valence-electron chi connectivity index (χ0n) is 11.0. The minimum Gasteiger partial charge on any atom is -0.490 e. The molecule has 0 amide bonds. The van der Waals surface area contributed by atoms with Gasteiger partial charge in [-0.2, -0.15) is 0 Å². The van der Waals surface area contributed by atoms with Crippen LogP contribution in [-0.2, 0) is 0 Å². The topological polar surface area (TPSA) is 59.1 Å². The molecule has 1 heterocycles. The fraction of sp³-hybridized carbons (Fsp3) is 0.231. The molecule has 2 N–H and O–H groups in total. The third-order valence-electron chi connectivity index (χ3n) is 2.62. The van der Waals surface area contributed by atoms with Gasteiger partial charge >= 0.3 is 0 Å². The Bertz CT molecular complexity index is 589. The molecule has 2 rings (SSSR count). The number of benzene rings is 1. The monoisotopic (exact) mass is 262 g/mol. The first-order valence-electron chi connectivity index (χ1n) is 5.75. The van der Waals surface area contributed by atoms with Crippen LogP contribution in [0, 0.1) is 12.7 Å². The molecule has 0 spiro atoms. The van der Waals surface area contributed by atoms with Gasteiger partial charge in [-0.3, -0.25) is 0 Å². The van der Waals surface area contributed by atoms with Crippen molar-refractivity contribution in [2.45, 2.75) is 6.92 Å². The second-order valence-corrected chi connectivity index (χ2v) is 3.96. The Morgan fingerprint density at radius 1 is 1.21 bits per heavy atom. The SMILES string of the molecule is CNc1ncnc(Nc2ccc(C)cc2F)c1OC. The number of halogens is 1. The van der Waals surface area contributed by atoms with Gasteiger partial charge in [0.2, 0.25) is 5.75 Å². The number of anilines is 3. The summed E-state index contributed by atoms with van der Waals surface area (Å²) in [7, 11) is 3.23. The summed E-state index contributed by atoms with van der Waals surface area (Å²) >= 11 is 0. The summed E-state index contributed by atoms with van der Waals surface area (Å²) < 4.78 is 19.0. The largest absolute Gasteiger partial charge is 0.490 e. The summed E-state index contributed by atoms with van der Waals surface area (Å²) in [4.78, 5) is 8.09. The van der Waals surface area contributed by atoms with Crippen LogP contribution in [0.5, 0.6) is 5.75 Å². The predicted octanol–water partition coefficient (Wildman–Crippen LogP) is 2.72. The van der Waals surface area contributed by atoms with E-state index in [0.29, 0.717) is 23.1 Å². The second-order valence-electron chi connectivity index (χ2n) is 3.96. The normalized spacial score (nSPS) is 10.1. The van der Waals surface area contributed by atoms with E-state index in [0.717, 1.165) is 5.56 Å². The first kappa shape index (κ1) is 13.1. The Morgan fingerprint density at radius 3 is 2.58 bits per heavy atom. The molecule has 0 atom stereocenters. The van der Waals surface area contributed by atoms with Gasteiger partial charge < -0.3 is 15.4 Å². The van der Waals surface area contributed by atoms with Crippen molar-refractivity contribution in [1.82, 2.24) is 9.97 Å². The lowest BCUT2D eigenvalue weighted by atomic mass is 10.2. The van der Waals surface area contributed by atoms with Crippen molar-refractivity contribution in [3.05, 3.63) is 35.9 Å². The van der Waals surface area contributed by atoms with Crippen LogP contribution in [0.1, 0.15) is 5.56 Å². The number of ether oxygens (including phenoxy) is 1. The van der Waals surface area contributed by atoms with Crippen molar-refractivity contribution < 1.29 is 9.13 Å². The Kier molecular flexibility index (Phi) is 3.79. The van der Waals surface area contributed by atoms with Crippen molar-refractivity contribution in [2.24, 2.45) is 0 Å². The number of hydrogen-bond acceptors (Lipinski definition) is 5. The Morgan fingerprint density at radius 2 is 1.95 bits per heavy atom. The highest BCUT2D eigenvalue weighted by atomic mass is 19.1. The van der Waals surface area contributed by atoms with Gasteiger partial charge in [0.05, 0.1) is 12.8 Å². The number of methoxy groups -OCH3 is 1. The van der Waals surface area contributed by atoms with E-state index in [9.17, 15) is 4.39 Å². The van der Waals surface area contributed by atoms with E-state index in [2.05, 4.69) is 20.6 Å². The number of aromatic nitrogens is 2. The molecule has 0 aliphatic heterocycles. The lowest BCUT2D eigenvalue weighted by molar-refractivity contribution is 0.415. The fourth-order valence-corrected chi connectivity index (χ4v) is 1.68. The van der Waals surface area contributed by atoms with Crippen molar-refractivity contribution in [2.75, 3.05) is 24.8 Å². The molecule has 1 aromatic heterocycles. The molecule has 0 saturated carbocycles. The number of nitrogens with one attached hydrogen (secondary N) is 2. The standard InChI is InChI=1S/C13H15FN4O/c1-8-4-5-10(9(14)6-8)18-13-11(19-3)12(15-2)16-7-17-13/h4-7H,1-3H3,(H2,15,16,17,18). The van der Waals surface area contributed by atoms with Crippen LogP contribution in [0.3, 0.4) is 0 Å². The molecule has 1 aromatic carbocycles. The lowest BCUT2D eigenvalue weighted by Crippen LogP contribution is -2.04. The molecule has 0 unspecified atom stereocenters. The van der Waals surface area contributed by atoms with Gasteiger partial charge in [-0.25, -0.2) is 14.4 Å². The van der Waals surface area contributed by atoms with Crippen LogP contribution in [-0.4, -0.2) is 24.1 Å². The maximum atomic E-state index is 13.8. The third-order valence-corrected chi connectivity index (χ3v) is 2.62. The van der Waals surface area contributed by atoms with Crippen molar-refractivity contribution >= 4 is 17.3 Å². The van der Waals surface area contributed by atoms with Gasteiger partial charge in [-0.05, 0) is 24.6 Å². The molecule has 2 aromatic rings. The Balaban J connectivity index is 2.37. The molecule has 0 fully saturated rings. The zero-order valence-corrected chi connectivity index (χ0v) is 11.0. The summed E-state index contributed by atoms with van der Waals surface area (Å²) in [5, 5.41) is 5.79. The van der Waals surface area contributed by atoms with Crippen LogP contribution in [0.4, 0.5) is 21.7 Å². The molecule has 0 bridgehead atoms. The molecule has 6 heteroatoms. The maximum absolute atomic E-state index is 13.8. The smallest absolute Gasteiger partial charge is 0.204 e. The van der Waals surface area contributed by atoms with Gasteiger partial charge in [0.25, 0.3) is 0 Å². The molecule has 0 aliphatic rings. The average Bonchev–Trinajstić information content (AvgIpc) is 2.41. The van der Waals surface area contributed by atoms with Gasteiger partial charge in [-0.1, -0.05) is 6.07 Å². The van der Waals surface area contributed by atoms with E-state index in [1.165, 1.54) is 19.5 Å². The van der Waals surface area contributed by atoms with Gasteiger partial charge in [0, 0.05) is 7.05 Å². The molecule has 5 nitrogen and oxygen atoms in total. The van der Waals surface area contributed by atoms with Gasteiger partial charge in [-0.15, -0.1) is 0 Å². The van der Waals surface area contributed by atoms with E-state index < -0.39 is 0 Å². The minimum atomic E-state index is -0.341. The first-order valence-corrected chi connectivity index (χ1v) is 5.75. The van der Waals surface area contributed by atoms with Crippen molar-refractivity contribution in [1.29, 1.82) is 0 Å². The zero-order chi connectivity index (χ0) is 13.8. The van der Waals surface area contributed by atoms with Gasteiger partial charge in [0.1, 0.15) is 12.1 Å². The van der Waals surface area contributed by atoms with E-state index >= 15 is 0 Å².